The van der Waals surface area contributed by atoms with Gasteiger partial charge in [-0.2, -0.15) is 5.10 Å². The Morgan fingerprint density at radius 2 is 1.59 bits per heavy atom. The van der Waals surface area contributed by atoms with Crippen molar-refractivity contribution in [1.29, 1.82) is 0 Å². The number of carbonyl (C=O) groups is 1. The van der Waals surface area contributed by atoms with Crippen LogP contribution >= 0.6 is 11.6 Å². The van der Waals surface area contributed by atoms with Crippen LogP contribution in [0.1, 0.15) is 10.5 Å². The molecule has 0 atom stereocenters. The molecule has 2 N–H and O–H groups in total. The summed E-state index contributed by atoms with van der Waals surface area (Å²) in [7, 11) is 0. The van der Waals surface area contributed by atoms with E-state index in [1.165, 1.54) is 0 Å². The lowest BCUT2D eigenvalue weighted by molar-refractivity contribution is 0.102. The van der Waals surface area contributed by atoms with Gasteiger partial charge in [0.1, 0.15) is 0 Å². The molecule has 140 valence electrons. The molecule has 5 heteroatoms. The molecule has 0 unspecified atom stereocenters. The lowest BCUT2D eigenvalue weighted by Gasteiger charge is -2.11. The smallest absolute Gasteiger partial charge is 0.276 e. The molecular weight excluding hydrogens is 382 g/mol. The largest absolute Gasteiger partial charge is 0.321 e. The highest BCUT2D eigenvalue weighted by Crippen LogP contribution is 2.35. The normalized spacial score (nSPS) is 11.1. The monoisotopic (exact) mass is 397 g/mol. The molecule has 5 aromatic rings. The minimum Gasteiger partial charge on any atom is -0.321 e. The van der Waals surface area contributed by atoms with Crippen LogP contribution in [0.5, 0.6) is 0 Å². The number of nitrogens with one attached hydrogen (secondary N) is 2. The van der Waals surface area contributed by atoms with Gasteiger partial charge in [0.2, 0.25) is 0 Å². The zero-order chi connectivity index (χ0) is 19.8. The molecule has 0 fully saturated rings. The quantitative estimate of drug-likeness (QED) is 0.376. The van der Waals surface area contributed by atoms with Gasteiger partial charge in [0.15, 0.2) is 5.69 Å². The standard InChI is InChI=1S/C24H16ClN3O/c25-21-13-12-16(26-24(29)23-19-9-3-4-11-22(19)27-28-23)14-20(21)18-10-5-7-15-6-1-2-8-17(15)18/h1-14H,(H,26,29)(H,27,28). The molecule has 0 spiro atoms. The highest BCUT2D eigenvalue weighted by atomic mass is 35.5. The van der Waals surface area contributed by atoms with Gasteiger partial charge < -0.3 is 5.32 Å². The SMILES string of the molecule is O=C(Nc1ccc(Cl)c(-c2cccc3ccccc23)c1)c1n[nH]c2ccccc12. The van der Waals surface area contributed by atoms with Crippen molar-refractivity contribution in [2.45, 2.75) is 0 Å². The van der Waals surface area contributed by atoms with Crippen LogP contribution in [0, 0.1) is 0 Å². The van der Waals surface area contributed by atoms with Crippen molar-refractivity contribution in [1.82, 2.24) is 10.2 Å². The summed E-state index contributed by atoms with van der Waals surface area (Å²) < 4.78 is 0. The molecule has 1 aromatic heterocycles. The number of halogens is 1. The van der Waals surface area contributed by atoms with E-state index in [1.807, 2.05) is 54.6 Å². The molecule has 0 aliphatic rings. The molecule has 4 nitrogen and oxygen atoms in total. The third kappa shape index (κ3) is 3.13. The maximum Gasteiger partial charge on any atom is 0.276 e. The Hall–Kier alpha value is -3.63. The van der Waals surface area contributed by atoms with Crippen molar-refractivity contribution in [2.24, 2.45) is 0 Å². The van der Waals surface area contributed by atoms with Gasteiger partial charge in [0, 0.05) is 21.7 Å². The summed E-state index contributed by atoms with van der Waals surface area (Å²) in [6, 6.07) is 27.3. The number of aromatic nitrogens is 2. The number of carbonyl (C=O) groups excluding carboxylic acids is 1. The zero-order valence-electron chi connectivity index (χ0n) is 15.3. The summed E-state index contributed by atoms with van der Waals surface area (Å²) in [5, 5.41) is 13.7. The number of amides is 1. The van der Waals surface area contributed by atoms with Crippen molar-refractivity contribution in [3.8, 4) is 11.1 Å². The molecule has 0 saturated heterocycles. The molecule has 0 bridgehead atoms. The molecule has 1 amide bonds. The third-order valence-corrected chi connectivity index (χ3v) is 5.32. The summed E-state index contributed by atoms with van der Waals surface area (Å²) >= 11 is 6.52. The molecule has 0 saturated carbocycles. The van der Waals surface area contributed by atoms with Gasteiger partial charge in [0.05, 0.1) is 5.52 Å². The number of fused-ring (bicyclic) bond motifs is 2. The summed E-state index contributed by atoms with van der Waals surface area (Å²) in [6.45, 7) is 0. The van der Waals surface area contributed by atoms with E-state index in [1.54, 1.807) is 12.1 Å². The first-order chi connectivity index (χ1) is 14.2. The van der Waals surface area contributed by atoms with Crippen LogP contribution in [0.3, 0.4) is 0 Å². The number of benzene rings is 4. The summed E-state index contributed by atoms with van der Waals surface area (Å²) in [4.78, 5) is 12.8. The van der Waals surface area contributed by atoms with Gasteiger partial charge in [0.25, 0.3) is 5.91 Å². The number of rotatable bonds is 3. The van der Waals surface area contributed by atoms with Gasteiger partial charge in [-0.1, -0.05) is 72.3 Å². The van der Waals surface area contributed by atoms with Crippen molar-refractivity contribution in [3.05, 3.63) is 95.6 Å². The second-order valence-corrected chi connectivity index (χ2v) is 7.20. The average molecular weight is 398 g/mol. The molecule has 0 aliphatic carbocycles. The maximum absolute atomic E-state index is 12.8. The zero-order valence-corrected chi connectivity index (χ0v) is 16.1. The predicted molar refractivity (Wildman–Crippen MR) is 118 cm³/mol. The Morgan fingerprint density at radius 3 is 2.48 bits per heavy atom. The van der Waals surface area contributed by atoms with Gasteiger partial charge in [-0.3, -0.25) is 9.89 Å². The van der Waals surface area contributed by atoms with Crippen LogP contribution in [0.4, 0.5) is 5.69 Å². The van der Waals surface area contributed by atoms with E-state index in [9.17, 15) is 4.79 Å². The summed E-state index contributed by atoms with van der Waals surface area (Å²) in [5.41, 5.74) is 3.74. The van der Waals surface area contributed by atoms with Crippen LogP contribution in [0.2, 0.25) is 5.02 Å². The molecule has 0 radical (unpaired) electrons. The summed E-state index contributed by atoms with van der Waals surface area (Å²) in [5.74, 6) is -0.270. The first kappa shape index (κ1) is 17.5. The summed E-state index contributed by atoms with van der Waals surface area (Å²) in [6.07, 6.45) is 0. The van der Waals surface area contributed by atoms with Gasteiger partial charge in [-0.15, -0.1) is 0 Å². The number of nitrogens with zero attached hydrogens (tertiary/aromatic N) is 1. The van der Waals surface area contributed by atoms with Crippen LogP contribution in [0.15, 0.2) is 84.9 Å². The van der Waals surface area contributed by atoms with E-state index in [0.29, 0.717) is 16.4 Å². The number of hydrogen-bond acceptors (Lipinski definition) is 2. The number of para-hydroxylation sites is 1. The van der Waals surface area contributed by atoms with E-state index in [-0.39, 0.29) is 5.91 Å². The van der Waals surface area contributed by atoms with Gasteiger partial charge in [-0.05, 0) is 40.6 Å². The third-order valence-electron chi connectivity index (χ3n) is 4.99. The fourth-order valence-electron chi connectivity index (χ4n) is 3.60. The van der Waals surface area contributed by atoms with E-state index >= 15 is 0 Å². The topological polar surface area (TPSA) is 57.8 Å². The Morgan fingerprint density at radius 1 is 0.828 bits per heavy atom. The fourth-order valence-corrected chi connectivity index (χ4v) is 3.82. The van der Waals surface area contributed by atoms with Crippen LogP contribution in [-0.2, 0) is 0 Å². The molecule has 4 aromatic carbocycles. The van der Waals surface area contributed by atoms with Gasteiger partial charge >= 0.3 is 0 Å². The highest BCUT2D eigenvalue weighted by molar-refractivity contribution is 6.34. The predicted octanol–water partition coefficient (Wildman–Crippen LogP) is 6.29. The molecule has 1 heterocycles. The maximum atomic E-state index is 12.8. The van der Waals surface area contributed by atoms with Crippen molar-refractivity contribution in [2.75, 3.05) is 5.32 Å². The Kier molecular flexibility index (Phi) is 4.26. The lowest BCUT2D eigenvalue weighted by Crippen LogP contribution is -2.12. The highest BCUT2D eigenvalue weighted by Gasteiger charge is 2.15. The first-order valence-corrected chi connectivity index (χ1v) is 9.61. The fraction of sp³-hybridized carbons (Fsp3) is 0. The van der Waals surface area contributed by atoms with Gasteiger partial charge in [-0.25, -0.2) is 0 Å². The lowest BCUT2D eigenvalue weighted by atomic mass is 9.98. The number of anilines is 1. The van der Waals surface area contributed by atoms with Crippen molar-refractivity contribution < 1.29 is 4.79 Å². The van der Waals surface area contributed by atoms with Crippen molar-refractivity contribution in [3.63, 3.8) is 0 Å². The molecule has 0 aliphatic heterocycles. The minimum absolute atomic E-state index is 0.270. The second-order valence-electron chi connectivity index (χ2n) is 6.79. The minimum atomic E-state index is -0.270. The molecule has 5 rings (SSSR count). The molecular formula is C24H16ClN3O. The van der Waals surface area contributed by atoms with Crippen LogP contribution in [0.25, 0.3) is 32.8 Å². The first-order valence-electron chi connectivity index (χ1n) is 9.23. The van der Waals surface area contributed by atoms with Crippen LogP contribution < -0.4 is 5.32 Å². The number of hydrogen-bond donors (Lipinski definition) is 2. The molecule has 29 heavy (non-hydrogen) atoms. The van der Waals surface area contributed by atoms with Crippen molar-refractivity contribution >= 4 is 44.9 Å². The Balaban J connectivity index is 1.54. The van der Waals surface area contributed by atoms with E-state index in [4.69, 9.17) is 11.6 Å². The second kappa shape index (κ2) is 7.08. The van der Waals surface area contributed by atoms with E-state index in [2.05, 4.69) is 33.7 Å². The van der Waals surface area contributed by atoms with E-state index < -0.39 is 0 Å². The van der Waals surface area contributed by atoms with Crippen LogP contribution in [-0.4, -0.2) is 16.1 Å². The Bertz CT molecular complexity index is 1370. The Labute approximate surface area is 172 Å². The average Bonchev–Trinajstić information content (AvgIpc) is 3.19. The number of H-pyrrole nitrogens is 1. The number of aromatic amines is 1. The van der Waals surface area contributed by atoms with E-state index in [0.717, 1.165) is 32.8 Å².